The number of aromatic nitrogens is 2. The van der Waals surface area contributed by atoms with Gasteiger partial charge in [-0.05, 0) is 25.8 Å². The second-order valence-corrected chi connectivity index (χ2v) is 4.90. The number of rotatable bonds is 2. The van der Waals surface area contributed by atoms with Crippen LogP contribution in [0.1, 0.15) is 30.1 Å². The third-order valence-corrected chi connectivity index (χ3v) is 3.64. The lowest BCUT2D eigenvalue weighted by Gasteiger charge is -2.21. The largest absolute Gasteiger partial charge is 0.478 e. The highest BCUT2D eigenvalue weighted by Gasteiger charge is 2.23. The van der Waals surface area contributed by atoms with Crippen LogP contribution in [0.2, 0.25) is 0 Å². The van der Waals surface area contributed by atoms with Gasteiger partial charge in [0.15, 0.2) is 0 Å². The monoisotopic (exact) mass is 257 g/mol. The van der Waals surface area contributed by atoms with Gasteiger partial charge in [0.25, 0.3) is 0 Å². The van der Waals surface area contributed by atoms with Crippen molar-refractivity contribution in [2.75, 3.05) is 11.4 Å². The molecular weight excluding hydrogens is 242 g/mol. The van der Waals surface area contributed by atoms with Crippen LogP contribution in [0.15, 0.2) is 24.4 Å². The smallest absolute Gasteiger partial charge is 0.337 e. The zero-order chi connectivity index (χ0) is 13.4. The van der Waals surface area contributed by atoms with Gasteiger partial charge in [0.05, 0.1) is 11.1 Å². The molecular formula is C14H15N3O2. The van der Waals surface area contributed by atoms with E-state index in [-0.39, 0.29) is 5.56 Å². The van der Waals surface area contributed by atoms with Gasteiger partial charge in [-0.25, -0.2) is 14.8 Å². The van der Waals surface area contributed by atoms with Crippen LogP contribution in [0.4, 0.5) is 5.95 Å². The molecule has 1 saturated heterocycles. The topological polar surface area (TPSA) is 66.3 Å². The molecule has 1 unspecified atom stereocenters. The fraction of sp³-hybridized carbons (Fsp3) is 0.357. The number of carbonyl (C=O) groups is 1. The van der Waals surface area contributed by atoms with E-state index >= 15 is 0 Å². The van der Waals surface area contributed by atoms with Crippen LogP contribution in [0.3, 0.4) is 0 Å². The van der Waals surface area contributed by atoms with E-state index in [9.17, 15) is 9.90 Å². The third kappa shape index (κ3) is 2.01. The highest BCUT2D eigenvalue weighted by Crippen LogP contribution is 2.24. The average molecular weight is 257 g/mol. The van der Waals surface area contributed by atoms with Crippen LogP contribution < -0.4 is 4.90 Å². The first kappa shape index (κ1) is 11.9. The summed E-state index contributed by atoms with van der Waals surface area (Å²) in [6.45, 7) is 3.07. The molecule has 1 N–H and O–H groups in total. The molecule has 98 valence electrons. The molecule has 2 aromatic rings. The SMILES string of the molecule is CC1CCCN1c1ncc2cccc(C(=O)O)c2n1. The summed E-state index contributed by atoms with van der Waals surface area (Å²) < 4.78 is 0. The van der Waals surface area contributed by atoms with Gasteiger partial charge in [0.1, 0.15) is 0 Å². The van der Waals surface area contributed by atoms with Gasteiger partial charge in [0.2, 0.25) is 5.95 Å². The number of hydrogen-bond acceptors (Lipinski definition) is 4. The first-order chi connectivity index (χ1) is 9.16. The maximum atomic E-state index is 11.2. The van der Waals surface area contributed by atoms with Crippen LogP contribution in [-0.2, 0) is 0 Å². The Bertz CT molecular complexity index is 642. The molecule has 0 spiro atoms. The van der Waals surface area contributed by atoms with Gasteiger partial charge in [-0.2, -0.15) is 0 Å². The molecule has 1 aliphatic rings. The fourth-order valence-electron chi connectivity index (χ4n) is 2.59. The maximum Gasteiger partial charge on any atom is 0.337 e. The second-order valence-electron chi connectivity index (χ2n) is 4.90. The number of anilines is 1. The summed E-state index contributed by atoms with van der Waals surface area (Å²) in [7, 11) is 0. The summed E-state index contributed by atoms with van der Waals surface area (Å²) in [5.41, 5.74) is 0.743. The molecule has 0 aliphatic carbocycles. The molecule has 2 heterocycles. The van der Waals surface area contributed by atoms with Crippen molar-refractivity contribution in [3.05, 3.63) is 30.0 Å². The maximum absolute atomic E-state index is 11.2. The summed E-state index contributed by atoms with van der Waals surface area (Å²) in [6, 6.07) is 5.54. The second kappa shape index (κ2) is 4.50. The standard InChI is InChI=1S/C14H15N3O2/c1-9-4-3-7-17(9)14-15-8-10-5-2-6-11(13(18)19)12(10)16-14/h2,5-6,8-9H,3-4,7H2,1H3,(H,18,19). The minimum absolute atomic E-state index is 0.230. The van der Waals surface area contributed by atoms with Crippen molar-refractivity contribution in [2.24, 2.45) is 0 Å². The van der Waals surface area contributed by atoms with Crippen LogP contribution in [0, 0.1) is 0 Å². The molecule has 5 nitrogen and oxygen atoms in total. The molecule has 0 radical (unpaired) electrons. The minimum Gasteiger partial charge on any atom is -0.478 e. The molecule has 1 atom stereocenters. The van der Waals surface area contributed by atoms with E-state index in [4.69, 9.17) is 0 Å². The highest BCUT2D eigenvalue weighted by molar-refractivity contribution is 6.01. The number of aromatic carboxylic acids is 1. The fourth-order valence-corrected chi connectivity index (χ4v) is 2.59. The number of para-hydroxylation sites is 1. The quantitative estimate of drug-likeness (QED) is 0.894. The lowest BCUT2D eigenvalue weighted by Crippen LogP contribution is -2.28. The summed E-state index contributed by atoms with van der Waals surface area (Å²) in [5, 5.41) is 9.98. The molecule has 1 aromatic heterocycles. The van der Waals surface area contributed by atoms with E-state index < -0.39 is 5.97 Å². The summed E-state index contributed by atoms with van der Waals surface area (Å²) >= 11 is 0. The van der Waals surface area contributed by atoms with Gasteiger partial charge in [-0.3, -0.25) is 0 Å². The van der Waals surface area contributed by atoms with Crippen LogP contribution in [0.25, 0.3) is 10.9 Å². The molecule has 0 amide bonds. The van der Waals surface area contributed by atoms with Crippen molar-refractivity contribution in [1.82, 2.24) is 9.97 Å². The van der Waals surface area contributed by atoms with Crippen LogP contribution in [-0.4, -0.2) is 33.6 Å². The van der Waals surface area contributed by atoms with Crippen LogP contribution in [0.5, 0.6) is 0 Å². The van der Waals surface area contributed by atoms with Crippen molar-refractivity contribution >= 4 is 22.8 Å². The molecule has 1 aliphatic heterocycles. The van der Waals surface area contributed by atoms with E-state index in [2.05, 4.69) is 21.8 Å². The zero-order valence-electron chi connectivity index (χ0n) is 10.7. The number of benzene rings is 1. The molecule has 1 aromatic carbocycles. The Balaban J connectivity index is 2.13. The van der Waals surface area contributed by atoms with Gasteiger partial charge in [-0.1, -0.05) is 12.1 Å². The molecule has 5 heteroatoms. The molecule has 1 fully saturated rings. The Morgan fingerprint density at radius 3 is 3.00 bits per heavy atom. The number of nitrogens with zero attached hydrogens (tertiary/aromatic N) is 3. The van der Waals surface area contributed by atoms with Crippen molar-refractivity contribution < 1.29 is 9.90 Å². The lowest BCUT2D eigenvalue weighted by molar-refractivity contribution is 0.0699. The predicted molar refractivity (Wildman–Crippen MR) is 72.5 cm³/mol. The Labute approximate surface area is 110 Å². The van der Waals surface area contributed by atoms with Gasteiger partial charge in [0, 0.05) is 24.2 Å². The Morgan fingerprint density at radius 1 is 1.47 bits per heavy atom. The average Bonchev–Trinajstić information content (AvgIpc) is 2.83. The number of fused-ring (bicyclic) bond motifs is 1. The Morgan fingerprint density at radius 2 is 2.32 bits per heavy atom. The number of carboxylic acid groups (broad SMARTS) is 1. The van der Waals surface area contributed by atoms with Crippen molar-refractivity contribution in [3.63, 3.8) is 0 Å². The minimum atomic E-state index is -0.954. The van der Waals surface area contributed by atoms with Crippen molar-refractivity contribution in [2.45, 2.75) is 25.8 Å². The first-order valence-corrected chi connectivity index (χ1v) is 6.42. The Kier molecular flexibility index (Phi) is 2.81. The zero-order valence-corrected chi connectivity index (χ0v) is 10.7. The Hall–Kier alpha value is -2.17. The summed E-state index contributed by atoms with van der Waals surface area (Å²) in [6.07, 6.45) is 3.96. The predicted octanol–water partition coefficient (Wildman–Crippen LogP) is 2.32. The number of hydrogen-bond donors (Lipinski definition) is 1. The van der Waals surface area contributed by atoms with Gasteiger partial charge in [-0.15, -0.1) is 0 Å². The molecule has 0 bridgehead atoms. The summed E-state index contributed by atoms with van der Waals surface area (Å²) in [5.74, 6) is -0.323. The van der Waals surface area contributed by atoms with E-state index in [0.717, 1.165) is 24.8 Å². The van der Waals surface area contributed by atoms with Crippen molar-refractivity contribution in [1.29, 1.82) is 0 Å². The van der Waals surface area contributed by atoms with E-state index in [1.165, 1.54) is 0 Å². The number of carboxylic acids is 1. The first-order valence-electron chi connectivity index (χ1n) is 6.42. The molecule has 19 heavy (non-hydrogen) atoms. The van der Waals surface area contributed by atoms with Crippen LogP contribution >= 0.6 is 0 Å². The summed E-state index contributed by atoms with van der Waals surface area (Å²) in [4.78, 5) is 22.2. The highest BCUT2D eigenvalue weighted by atomic mass is 16.4. The lowest BCUT2D eigenvalue weighted by atomic mass is 10.1. The van der Waals surface area contributed by atoms with Gasteiger partial charge < -0.3 is 10.0 Å². The van der Waals surface area contributed by atoms with Crippen molar-refractivity contribution in [3.8, 4) is 0 Å². The third-order valence-electron chi connectivity index (χ3n) is 3.64. The molecule has 0 saturated carbocycles. The van der Waals surface area contributed by atoms with E-state index in [1.54, 1.807) is 18.3 Å². The van der Waals surface area contributed by atoms with Gasteiger partial charge >= 0.3 is 5.97 Å². The normalized spacial score (nSPS) is 19.0. The van der Waals surface area contributed by atoms with E-state index in [1.807, 2.05) is 6.07 Å². The molecule has 3 rings (SSSR count). The van der Waals surface area contributed by atoms with E-state index in [0.29, 0.717) is 17.5 Å².